The van der Waals surface area contributed by atoms with Crippen LogP contribution in [0.25, 0.3) is 0 Å². The molecule has 4 rings (SSSR count). The van der Waals surface area contributed by atoms with Crippen molar-refractivity contribution >= 4 is 21.6 Å². The molecule has 0 unspecified atom stereocenters. The summed E-state index contributed by atoms with van der Waals surface area (Å²) in [5, 5.41) is 0. The van der Waals surface area contributed by atoms with Crippen LogP contribution in [0.5, 0.6) is 0 Å². The van der Waals surface area contributed by atoms with Gasteiger partial charge in [0.1, 0.15) is 0 Å². The lowest BCUT2D eigenvalue weighted by atomic mass is 9.80. The summed E-state index contributed by atoms with van der Waals surface area (Å²) in [6.07, 6.45) is 4.16. The molecule has 0 bridgehead atoms. The highest BCUT2D eigenvalue weighted by Gasteiger charge is 2.44. The third-order valence-electron chi connectivity index (χ3n) is 7.38. The number of nitrogens with zero attached hydrogens (tertiary/aromatic N) is 2. The van der Waals surface area contributed by atoms with Crippen molar-refractivity contribution in [3.05, 3.63) is 23.3 Å². The van der Waals surface area contributed by atoms with E-state index in [1.807, 2.05) is 20.8 Å². The fourth-order valence-corrected chi connectivity index (χ4v) is 6.67. The second-order valence-corrected chi connectivity index (χ2v) is 11.8. The molecule has 3 aliphatic rings. The van der Waals surface area contributed by atoms with Gasteiger partial charge in [-0.15, -0.1) is 0 Å². The normalized spacial score (nSPS) is 23.4. The number of carbonyl (C=O) groups excluding carboxylic acids is 1. The largest absolute Gasteiger partial charge is 0.381 e. The van der Waals surface area contributed by atoms with Crippen LogP contribution in [0, 0.1) is 12.3 Å². The number of hydrogen-bond acceptors (Lipinski definition) is 5. The fraction of sp³-hybridized carbons (Fsp3) is 0.696. The van der Waals surface area contributed by atoms with Gasteiger partial charge in [-0.3, -0.25) is 4.79 Å². The third-order valence-corrected chi connectivity index (χ3v) is 8.76. The molecule has 2 saturated heterocycles. The van der Waals surface area contributed by atoms with Crippen LogP contribution >= 0.6 is 0 Å². The summed E-state index contributed by atoms with van der Waals surface area (Å²) < 4.78 is 35.2. The van der Waals surface area contributed by atoms with E-state index in [2.05, 4.69) is 9.62 Å². The Kier molecular flexibility index (Phi) is 5.96. The topological polar surface area (TPSA) is 79.0 Å². The molecule has 1 aromatic carbocycles. The quantitative estimate of drug-likeness (QED) is 0.722. The summed E-state index contributed by atoms with van der Waals surface area (Å²) >= 11 is 0. The fourth-order valence-electron chi connectivity index (χ4n) is 5.40. The van der Waals surface area contributed by atoms with Crippen molar-refractivity contribution in [2.45, 2.75) is 56.8 Å². The standard InChI is InChI=1S/C23H35N3O4S/c1-17-13-18(14-19-20(17)25(4)21(27)22(19,2)3)31(28,29)24-15-23(7-11-30-12-8-23)16-26-9-5-6-10-26/h13-14,24H,5-12,15-16H2,1-4H3. The zero-order valence-electron chi connectivity index (χ0n) is 19.2. The maximum atomic E-state index is 13.3. The van der Waals surface area contributed by atoms with Gasteiger partial charge < -0.3 is 14.5 Å². The van der Waals surface area contributed by atoms with Crippen LogP contribution in [0.15, 0.2) is 17.0 Å². The number of sulfonamides is 1. The molecule has 3 heterocycles. The zero-order valence-corrected chi connectivity index (χ0v) is 20.0. The predicted molar refractivity (Wildman–Crippen MR) is 121 cm³/mol. The van der Waals surface area contributed by atoms with Gasteiger partial charge >= 0.3 is 0 Å². The Balaban J connectivity index is 1.58. The average molecular weight is 450 g/mol. The van der Waals surface area contributed by atoms with Crippen molar-refractivity contribution < 1.29 is 17.9 Å². The van der Waals surface area contributed by atoms with Crippen molar-refractivity contribution in [1.82, 2.24) is 9.62 Å². The van der Waals surface area contributed by atoms with E-state index in [0.29, 0.717) is 19.8 Å². The van der Waals surface area contributed by atoms with Crippen molar-refractivity contribution in [1.29, 1.82) is 0 Å². The summed E-state index contributed by atoms with van der Waals surface area (Å²) in [5.41, 5.74) is 1.56. The van der Waals surface area contributed by atoms with Crippen LogP contribution in [-0.4, -0.2) is 65.7 Å². The lowest BCUT2D eigenvalue weighted by Gasteiger charge is -2.40. The van der Waals surface area contributed by atoms with E-state index in [1.54, 1.807) is 24.1 Å². The molecule has 1 amide bonds. The first-order chi connectivity index (χ1) is 14.6. The van der Waals surface area contributed by atoms with Crippen LogP contribution in [0.1, 0.15) is 50.7 Å². The first-order valence-corrected chi connectivity index (χ1v) is 12.8. The van der Waals surface area contributed by atoms with Crippen LogP contribution in [0.3, 0.4) is 0 Å². The number of hydrogen-bond donors (Lipinski definition) is 1. The Morgan fingerprint density at radius 3 is 2.42 bits per heavy atom. The Bertz CT molecular complexity index is 961. The molecule has 0 radical (unpaired) electrons. The van der Waals surface area contributed by atoms with Gasteiger partial charge in [-0.25, -0.2) is 13.1 Å². The number of fused-ring (bicyclic) bond motifs is 1. The molecule has 7 nitrogen and oxygen atoms in total. The molecule has 1 N–H and O–H groups in total. The van der Waals surface area contributed by atoms with Crippen LogP contribution in [0.2, 0.25) is 0 Å². The summed E-state index contributed by atoms with van der Waals surface area (Å²) in [5.74, 6) is -0.0140. The molecule has 1 aromatic rings. The number of benzene rings is 1. The Hall–Kier alpha value is -1.48. The molecule has 0 atom stereocenters. The Morgan fingerprint density at radius 1 is 1.13 bits per heavy atom. The monoisotopic (exact) mass is 449 g/mol. The summed E-state index contributed by atoms with van der Waals surface area (Å²) in [6, 6.07) is 3.37. The van der Waals surface area contributed by atoms with Crippen molar-refractivity contribution in [3.63, 3.8) is 0 Å². The van der Waals surface area contributed by atoms with Gasteiger partial charge in [-0.1, -0.05) is 0 Å². The Labute approximate surface area is 186 Å². The third kappa shape index (κ3) is 4.15. The van der Waals surface area contributed by atoms with E-state index in [-0.39, 0.29) is 16.2 Å². The van der Waals surface area contributed by atoms with Crippen LogP contribution in [0.4, 0.5) is 5.69 Å². The highest BCUT2D eigenvalue weighted by molar-refractivity contribution is 7.89. The van der Waals surface area contributed by atoms with Crippen molar-refractivity contribution in [2.24, 2.45) is 5.41 Å². The van der Waals surface area contributed by atoms with E-state index in [9.17, 15) is 13.2 Å². The number of aryl methyl sites for hydroxylation is 1. The SMILES string of the molecule is Cc1cc(S(=O)(=O)NCC2(CN3CCCC3)CCOCC2)cc2c1N(C)C(=O)C2(C)C. The first-order valence-electron chi connectivity index (χ1n) is 11.3. The lowest BCUT2D eigenvalue weighted by Crippen LogP contribution is -2.48. The molecular formula is C23H35N3O4S. The molecule has 0 spiro atoms. The smallest absolute Gasteiger partial charge is 0.240 e. The minimum atomic E-state index is -3.70. The van der Waals surface area contributed by atoms with E-state index < -0.39 is 15.4 Å². The Morgan fingerprint density at radius 2 is 1.77 bits per heavy atom. The van der Waals surface area contributed by atoms with Gasteiger partial charge in [0.15, 0.2) is 0 Å². The molecule has 0 aliphatic carbocycles. The van der Waals surface area contributed by atoms with Gasteiger partial charge in [-0.2, -0.15) is 0 Å². The summed E-state index contributed by atoms with van der Waals surface area (Å²) in [7, 11) is -1.95. The number of nitrogens with one attached hydrogen (secondary N) is 1. The number of likely N-dealkylation sites (N-methyl/N-ethyl adjacent to an activating group) is 1. The minimum Gasteiger partial charge on any atom is -0.381 e. The van der Waals surface area contributed by atoms with Gasteiger partial charge in [0.2, 0.25) is 15.9 Å². The van der Waals surface area contributed by atoms with Gasteiger partial charge in [-0.05, 0) is 82.8 Å². The molecule has 31 heavy (non-hydrogen) atoms. The number of anilines is 1. The number of amides is 1. The van der Waals surface area contributed by atoms with E-state index in [4.69, 9.17) is 4.74 Å². The lowest BCUT2D eigenvalue weighted by molar-refractivity contribution is -0.121. The van der Waals surface area contributed by atoms with Crippen molar-refractivity contribution in [3.8, 4) is 0 Å². The van der Waals surface area contributed by atoms with Crippen molar-refractivity contribution in [2.75, 3.05) is 51.3 Å². The molecular weight excluding hydrogens is 414 g/mol. The molecule has 3 aliphatic heterocycles. The highest BCUT2D eigenvalue weighted by atomic mass is 32.2. The number of rotatable bonds is 6. The maximum absolute atomic E-state index is 13.3. The highest BCUT2D eigenvalue weighted by Crippen LogP contribution is 2.44. The molecule has 8 heteroatoms. The summed E-state index contributed by atoms with van der Waals surface area (Å²) in [4.78, 5) is 17.0. The molecule has 0 saturated carbocycles. The first kappa shape index (κ1) is 22.7. The molecule has 172 valence electrons. The summed E-state index contributed by atoms with van der Waals surface area (Å²) in [6.45, 7) is 10.4. The van der Waals surface area contributed by atoms with E-state index in [0.717, 1.165) is 49.3 Å². The van der Waals surface area contributed by atoms with E-state index in [1.165, 1.54) is 12.8 Å². The molecule has 2 fully saturated rings. The second-order valence-electron chi connectivity index (χ2n) is 10.0. The minimum absolute atomic E-state index is 0.0140. The number of likely N-dealkylation sites (tertiary alicyclic amines) is 1. The molecule has 0 aromatic heterocycles. The average Bonchev–Trinajstić information content (AvgIpc) is 3.29. The predicted octanol–water partition coefficient (Wildman–Crippen LogP) is 2.42. The van der Waals surface area contributed by atoms with Gasteiger partial charge in [0.25, 0.3) is 0 Å². The number of ether oxygens (including phenoxy) is 1. The number of carbonyl (C=O) groups is 1. The van der Waals surface area contributed by atoms with E-state index >= 15 is 0 Å². The van der Waals surface area contributed by atoms with Crippen LogP contribution in [-0.2, 0) is 25.0 Å². The maximum Gasteiger partial charge on any atom is 0.240 e. The van der Waals surface area contributed by atoms with Crippen LogP contribution < -0.4 is 9.62 Å². The second kappa shape index (κ2) is 8.14. The van der Waals surface area contributed by atoms with Gasteiger partial charge in [0.05, 0.1) is 16.0 Å². The zero-order chi connectivity index (χ0) is 22.4. The van der Waals surface area contributed by atoms with Gasteiger partial charge in [0, 0.05) is 38.8 Å².